The zero-order valence-electron chi connectivity index (χ0n) is 52.9. The zero-order chi connectivity index (χ0) is 60.6. The second-order valence-corrected chi connectivity index (χ2v) is 23.7. The van der Waals surface area contributed by atoms with E-state index in [-0.39, 0.29) is 88.4 Å². The molecular formula is C65H127N7O10+2. The number of hydrogen-bond donors (Lipinski definition) is 7. The van der Waals surface area contributed by atoms with E-state index >= 15 is 0 Å². The third-order valence-corrected chi connectivity index (χ3v) is 15.7. The maximum atomic E-state index is 13.9. The van der Waals surface area contributed by atoms with Crippen LogP contribution in [-0.4, -0.2) is 105 Å². The topological polar surface area (TPSA) is 291 Å². The molecule has 0 saturated heterocycles. The molecule has 0 aliphatic carbocycles. The third-order valence-electron chi connectivity index (χ3n) is 15.7. The van der Waals surface area contributed by atoms with Gasteiger partial charge >= 0.3 is 17.9 Å². The Hall–Kier alpha value is -3.67. The van der Waals surface area contributed by atoms with Crippen molar-refractivity contribution in [2.75, 3.05) is 39.5 Å². The van der Waals surface area contributed by atoms with E-state index in [0.717, 1.165) is 109 Å². The van der Waals surface area contributed by atoms with Crippen molar-refractivity contribution in [2.45, 2.75) is 333 Å². The minimum absolute atomic E-state index is 0.0939. The first-order valence-corrected chi connectivity index (χ1v) is 33.7. The molecule has 0 aliphatic heterocycles. The second-order valence-electron chi connectivity index (χ2n) is 23.7. The quantitative estimate of drug-likeness (QED) is 0.0170. The lowest BCUT2D eigenvalue weighted by molar-refractivity contribution is -0.405. The number of carbonyl (C=O) groups is 7. The summed E-state index contributed by atoms with van der Waals surface area (Å²) in [4.78, 5) is 93.0. The number of esters is 3. The SMILES string of the molecule is CCCCCCCCCCCC(=O)OCC(COC(=O)CCCCCCCCCCC)(COC(=O)CCCCCCCCCCC)NC(=O)CCCCCCCCC(=O)C(CCNC(=O)C([NH3+])CCCCN)NC(=O)C([NH3+])CCCCN. The van der Waals surface area contributed by atoms with E-state index in [2.05, 4.69) is 48.2 Å². The van der Waals surface area contributed by atoms with E-state index in [4.69, 9.17) is 25.7 Å². The Morgan fingerprint density at radius 1 is 0.390 bits per heavy atom. The Balaban J connectivity index is 5.78. The normalized spacial score (nSPS) is 12.6. The van der Waals surface area contributed by atoms with Crippen molar-refractivity contribution < 1.29 is 59.2 Å². The summed E-state index contributed by atoms with van der Waals surface area (Å²) in [6.45, 7) is 7.04. The summed E-state index contributed by atoms with van der Waals surface area (Å²) in [5.41, 5.74) is 17.8. The number of ether oxygens (including phenoxy) is 3. The number of carbonyl (C=O) groups excluding carboxylic acids is 7. The lowest BCUT2D eigenvalue weighted by Crippen LogP contribution is -2.68. The predicted octanol–water partition coefficient (Wildman–Crippen LogP) is 10.4. The van der Waals surface area contributed by atoms with Gasteiger partial charge in [0.1, 0.15) is 25.4 Å². The molecule has 82 heavy (non-hydrogen) atoms. The molecule has 0 spiro atoms. The molecule has 0 saturated carbocycles. The van der Waals surface area contributed by atoms with Gasteiger partial charge in [0, 0.05) is 51.5 Å². The molecule has 17 nitrogen and oxygen atoms in total. The molecule has 0 radical (unpaired) electrons. The molecule has 3 amide bonds. The van der Waals surface area contributed by atoms with Gasteiger partial charge in [-0.3, -0.25) is 33.6 Å². The van der Waals surface area contributed by atoms with E-state index < -0.39 is 41.6 Å². The minimum Gasteiger partial charge on any atom is -0.463 e. The molecule has 3 atom stereocenters. The van der Waals surface area contributed by atoms with Crippen LogP contribution in [0.1, 0.15) is 310 Å². The summed E-state index contributed by atoms with van der Waals surface area (Å²) in [7, 11) is 0. The molecule has 0 aromatic rings. The van der Waals surface area contributed by atoms with Crippen LogP contribution in [0.4, 0.5) is 0 Å². The molecule has 17 heteroatoms. The van der Waals surface area contributed by atoms with Crippen LogP contribution in [0.3, 0.4) is 0 Å². The number of quaternary nitrogens is 2. The Morgan fingerprint density at radius 2 is 0.707 bits per heavy atom. The molecule has 13 N–H and O–H groups in total. The monoisotopic (exact) mass is 1170 g/mol. The maximum Gasteiger partial charge on any atom is 0.305 e. The molecular weight excluding hydrogens is 1040 g/mol. The number of Topliss-reactive ketones (excluding diaryl/α,β-unsaturated/α-hetero) is 1. The van der Waals surface area contributed by atoms with Gasteiger partial charge in [0.15, 0.2) is 17.9 Å². The van der Waals surface area contributed by atoms with E-state index in [9.17, 15) is 33.6 Å². The lowest BCUT2D eigenvalue weighted by atomic mass is 10.00. The molecule has 0 aromatic heterocycles. The first-order valence-electron chi connectivity index (χ1n) is 33.7. The number of amides is 3. The number of ketones is 1. The highest BCUT2D eigenvalue weighted by Gasteiger charge is 2.38. The average Bonchev–Trinajstić information content (AvgIpc) is 3.48. The average molecular weight is 1170 g/mol. The van der Waals surface area contributed by atoms with Crippen LogP contribution in [0.2, 0.25) is 0 Å². The van der Waals surface area contributed by atoms with Crippen molar-refractivity contribution in [3.63, 3.8) is 0 Å². The number of unbranched alkanes of at least 4 members (excludes halogenated alkanes) is 31. The summed E-state index contributed by atoms with van der Waals surface area (Å²) in [5.74, 6) is -2.13. The van der Waals surface area contributed by atoms with Crippen LogP contribution in [0.25, 0.3) is 0 Å². The Kier molecular flexibility index (Phi) is 53.9. The van der Waals surface area contributed by atoms with E-state index in [1.807, 2.05) is 0 Å². The van der Waals surface area contributed by atoms with E-state index in [1.54, 1.807) is 0 Å². The summed E-state index contributed by atoms with van der Waals surface area (Å²) in [5, 5.41) is 8.83. The van der Waals surface area contributed by atoms with Crippen LogP contribution in [0, 0.1) is 0 Å². The first-order chi connectivity index (χ1) is 39.8. The second kappa shape index (κ2) is 56.5. The van der Waals surface area contributed by atoms with Gasteiger partial charge in [-0.1, -0.05) is 201 Å². The highest BCUT2D eigenvalue weighted by molar-refractivity contribution is 5.90. The highest BCUT2D eigenvalue weighted by Crippen LogP contribution is 2.19. The van der Waals surface area contributed by atoms with Crippen molar-refractivity contribution in [1.82, 2.24) is 16.0 Å². The van der Waals surface area contributed by atoms with Gasteiger partial charge < -0.3 is 53.1 Å². The molecule has 480 valence electrons. The van der Waals surface area contributed by atoms with Crippen LogP contribution < -0.4 is 38.9 Å². The molecule has 0 bridgehead atoms. The number of nitrogens with two attached hydrogens (primary N) is 2. The van der Waals surface area contributed by atoms with Gasteiger partial charge in [0.05, 0.1) is 6.04 Å². The maximum absolute atomic E-state index is 13.9. The molecule has 3 unspecified atom stereocenters. The van der Waals surface area contributed by atoms with Crippen LogP contribution in [-0.2, 0) is 47.8 Å². The van der Waals surface area contributed by atoms with Crippen LogP contribution in [0.15, 0.2) is 0 Å². The minimum atomic E-state index is -1.47. The van der Waals surface area contributed by atoms with E-state index in [0.29, 0.717) is 58.0 Å². The Labute approximate surface area is 499 Å². The molecule has 0 aliphatic rings. The summed E-state index contributed by atoms with van der Waals surface area (Å²) < 4.78 is 17.6. The van der Waals surface area contributed by atoms with Gasteiger partial charge in [-0.15, -0.1) is 0 Å². The lowest BCUT2D eigenvalue weighted by Gasteiger charge is -2.33. The van der Waals surface area contributed by atoms with Crippen molar-refractivity contribution in [2.24, 2.45) is 11.5 Å². The first kappa shape index (κ1) is 78.3. The van der Waals surface area contributed by atoms with E-state index in [1.165, 1.54) is 96.3 Å². The summed E-state index contributed by atoms with van der Waals surface area (Å²) in [6, 6.07) is -1.70. The van der Waals surface area contributed by atoms with Crippen molar-refractivity contribution in [3.8, 4) is 0 Å². The predicted molar refractivity (Wildman–Crippen MR) is 330 cm³/mol. The van der Waals surface area contributed by atoms with Gasteiger partial charge in [-0.25, -0.2) is 0 Å². The zero-order valence-corrected chi connectivity index (χ0v) is 52.9. The largest absolute Gasteiger partial charge is 0.463 e. The third kappa shape index (κ3) is 47.7. The number of hydrogen-bond acceptors (Lipinski definition) is 12. The van der Waals surface area contributed by atoms with Gasteiger partial charge in [0.25, 0.3) is 11.8 Å². The fraction of sp³-hybridized carbons (Fsp3) is 0.892. The van der Waals surface area contributed by atoms with Gasteiger partial charge in [-0.05, 0) is 77.3 Å². The Bertz CT molecular complexity index is 1510. The van der Waals surface area contributed by atoms with Crippen molar-refractivity contribution in [3.05, 3.63) is 0 Å². The van der Waals surface area contributed by atoms with Crippen LogP contribution >= 0.6 is 0 Å². The van der Waals surface area contributed by atoms with Gasteiger partial charge in [-0.2, -0.15) is 0 Å². The summed E-state index contributed by atoms with van der Waals surface area (Å²) in [6.07, 6.45) is 40.0. The smallest absolute Gasteiger partial charge is 0.305 e. The number of nitrogens with one attached hydrogen (secondary N) is 3. The molecule has 0 aromatic carbocycles. The van der Waals surface area contributed by atoms with Crippen molar-refractivity contribution >= 4 is 41.4 Å². The standard InChI is InChI=1S/C65H125N7O10/c1-4-7-10-13-16-19-22-29-34-45-60(75)80-52-65(53-81-61(76)46-35-30-23-20-17-14-11-8-5-2,54-82-62(77)47-36-31-24-21-18-15-12-9-6-3)72-59(74)44-33-28-26-25-27-32-43-58(73)57(71-64(79)56(69)42-38-40-50-67)48-51-70-63(78)55(68)41-37-39-49-66/h55-57H,4-54,66-69H2,1-3H3,(H,70,78)(H,71,79)(H,72,74)/p+2. The molecule has 0 rings (SSSR count). The van der Waals surface area contributed by atoms with Gasteiger partial charge in [0.2, 0.25) is 5.91 Å². The number of rotatable bonds is 61. The van der Waals surface area contributed by atoms with Crippen molar-refractivity contribution in [1.29, 1.82) is 0 Å². The molecule has 0 fully saturated rings. The summed E-state index contributed by atoms with van der Waals surface area (Å²) >= 11 is 0. The highest BCUT2D eigenvalue weighted by atomic mass is 16.6. The fourth-order valence-electron chi connectivity index (χ4n) is 10.1. The molecule has 0 heterocycles. The fourth-order valence-corrected chi connectivity index (χ4v) is 10.1. The Morgan fingerprint density at radius 3 is 1.06 bits per heavy atom. The van der Waals surface area contributed by atoms with Crippen LogP contribution in [0.5, 0.6) is 0 Å².